The zero-order chi connectivity index (χ0) is 15.7. The highest BCUT2D eigenvalue weighted by Crippen LogP contribution is 2.09. The summed E-state index contributed by atoms with van der Waals surface area (Å²) in [6, 6.07) is 6.79. The molecule has 5 nitrogen and oxygen atoms in total. The SMILES string of the molecule is CCCCC(C)NC(=O)NCCc1ccccc1C(=O)O. The summed E-state index contributed by atoms with van der Waals surface area (Å²) in [5.41, 5.74) is 1.01. The van der Waals surface area contributed by atoms with Crippen LogP contribution in [0, 0.1) is 0 Å². The molecule has 21 heavy (non-hydrogen) atoms. The van der Waals surface area contributed by atoms with E-state index in [4.69, 9.17) is 5.11 Å². The molecule has 5 heteroatoms. The first-order valence-corrected chi connectivity index (χ1v) is 7.40. The van der Waals surface area contributed by atoms with Gasteiger partial charge in [-0.05, 0) is 31.4 Å². The van der Waals surface area contributed by atoms with Gasteiger partial charge in [-0.1, -0.05) is 38.0 Å². The van der Waals surface area contributed by atoms with Crippen LogP contribution in [0.2, 0.25) is 0 Å². The van der Waals surface area contributed by atoms with Gasteiger partial charge in [0.15, 0.2) is 0 Å². The first-order chi connectivity index (χ1) is 10.0. The number of benzene rings is 1. The Labute approximate surface area is 125 Å². The summed E-state index contributed by atoms with van der Waals surface area (Å²) in [7, 11) is 0. The van der Waals surface area contributed by atoms with Gasteiger partial charge >= 0.3 is 12.0 Å². The number of nitrogens with one attached hydrogen (secondary N) is 2. The molecule has 3 N–H and O–H groups in total. The van der Waals surface area contributed by atoms with Gasteiger partial charge in [0, 0.05) is 12.6 Å². The number of carbonyl (C=O) groups is 2. The van der Waals surface area contributed by atoms with Gasteiger partial charge in [0.05, 0.1) is 5.56 Å². The summed E-state index contributed by atoms with van der Waals surface area (Å²) >= 11 is 0. The van der Waals surface area contributed by atoms with Crippen molar-refractivity contribution in [2.45, 2.75) is 45.6 Å². The fraction of sp³-hybridized carbons (Fsp3) is 0.500. The van der Waals surface area contributed by atoms with E-state index in [9.17, 15) is 9.59 Å². The van der Waals surface area contributed by atoms with Crippen LogP contribution >= 0.6 is 0 Å². The minimum absolute atomic E-state index is 0.149. The molecule has 0 aliphatic carbocycles. The average Bonchev–Trinajstić information content (AvgIpc) is 2.45. The third-order valence-corrected chi connectivity index (χ3v) is 3.30. The Morgan fingerprint density at radius 1 is 1.29 bits per heavy atom. The molecule has 1 aromatic carbocycles. The van der Waals surface area contributed by atoms with Crippen LogP contribution in [-0.4, -0.2) is 29.7 Å². The molecular weight excluding hydrogens is 268 g/mol. The molecule has 0 fully saturated rings. The summed E-state index contributed by atoms with van der Waals surface area (Å²) in [4.78, 5) is 22.8. The number of unbranched alkanes of at least 4 members (excludes halogenated alkanes) is 1. The number of amides is 2. The summed E-state index contributed by atoms with van der Waals surface area (Å²) in [5, 5.41) is 14.7. The van der Waals surface area contributed by atoms with Gasteiger partial charge < -0.3 is 15.7 Å². The number of hydrogen-bond acceptors (Lipinski definition) is 2. The number of carboxylic acids is 1. The van der Waals surface area contributed by atoms with Gasteiger partial charge in [-0.3, -0.25) is 0 Å². The monoisotopic (exact) mass is 292 g/mol. The van der Waals surface area contributed by atoms with Crippen molar-refractivity contribution in [1.82, 2.24) is 10.6 Å². The van der Waals surface area contributed by atoms with Crippen LogP contribution in [0.25, 0.3) is 0 Å². The van der Waals surface area contributed by atoms with Crippen LogP contribution in [-0.2, 0) is 6.42 Å². The molecule has 116 valence electrons. The number of rotatable bonds is 8. The first-order valence-electron chi connectivity index (χ1n) is 7.40. The van der Waals surface area contributed by atoms with E-state index >= 15 is 0 Å². The Hall–Kier alpha value is -2.04. The Morgan fingerprint density at radius 2 is 2.00 bits per heavy atom. The molecule has 0 saturated carbocycles. The number of carbonyl (C=O) groups excluding carboxylic acids is 1. The van der Waals surface area contributed by atoms with Crippen molar-refractivity contribution in [1.29, 1.82) is 0 Å². The van der Waals surface area contributed by atoms with Crippen LogP contribution in [0.1, 0.15) is 49.0 Å². The number of hydrogen-bond donors (Lipinski definition) is 3. The van der Waals surface area contributed by atoms with E-state index in [1.807, 2.05) is 6.92 Å². The zero-order valence-electron chi connectivity index (χ0n) is 12.7. The van der Waals surface area contributed by atoms with Crippen LogP contribution in [0.15, 0.2) is 24.3 Å². The van der Waals surface area contributed by atoms with E-state index in [1.165, 1.54) is 0 Å². The smallest absolute Gasteiger partial charge is 0.335 e. The average molecular weight is 292 g/mol. The first kappa shape index (κ1) is 17.0. The highest BCUT2D eigenvalue weighted by Gasteiger charge is 2.10. The lowest BCUT2D eigenvalue weighted by Crippen LogP contribution is -2.41. The van der Waals surface area contributed by atoms with E-state index in [1.54, 1.807) is 24.3 Å². The fourth-order valence-electron chi connectivity index (χ4n) is 2.11. The number of carboxylic acid groups (broad SMARTS) is 1. The quantitative estimate of drug-likeness (QED) is 0.689. The van der Waals surface area contributed by atoms with E-state index < -0.39 is 5.97 Å². The summed E-state index contributed by atoms with van der Waals surface area (Å²) in [6.45, 7) is 4.51. The second kappa shape index (κ2) is 9.00. The van der Waals surface area contributed by atoms with Gasteiger partial charge in [0.25, 0.3) is 0 Å². The maximum Gasteiger partial charge on any atom is 0.335 e. The number of aromatic carboxylic acids is 1. The van der Waals surface area contributed by atoms with Crippen molar-refractivity contribution in [3.8, 4) is 0 Å². The molecule has 1 atom stereocenters. The molecule has 1 aromatic rings. The standard InChI is InChI=1S/C16H24N2O3/c1-3-4-7-12(2)18-16(21)17-11-10-13-8-5-6-9-14(13)15(19)20/h5-6,8-9,12H,3-4,7,10-11H2,1-2H3,(H,19,20)(H2,17,18,21). The zero-order valence-corrected chi connectivity index (χ0v) is 12.7. The van der Waals surface area contributed by atoms with Gasteiger partial charge in [0.2, 0.25) is 0 Å². The molecule has 0 aromatic heterocycles. The van der Waals surface area contributed by atoms with Gasteiger partial charge in [-0.25, -0.2) is 9.59 Å². The lowest BCUT2D eigenvalue weighted by atomic mass is 10.0. The molecule has 0 radical (unpaired) electrons. The molecule has 2 amide bonds. The second-order valence-electron chi connectivity index (χ2n) is 5.16. The molecule has 0 heterocycles. The predicted octanol–water partition coefficient (Wildman–Crippen LogP) is 2.81. The van der Waals surface area contributed by atoms with Crippen molar-refractivity contribution in [2.75, 3.05) is 6.54 Å². The Balaban J connectivity index is 2.37. The van der Waals surface area contributed by atoms with Gasteiger partial charge in [0.1, 0.15) is 0 Å². The molecule has 0 aliphatic rings. The van der Waals surface area contributed by atoms with Gasteiger partial charge in [-0.15, -0.1) is 0 Å². The lowest BCUT2D eigenvalue weighted by Gasteiger charge is -2.14. The molecule has 0 saturated heterocycles. The predicted molar refractivity (Wildman–Crippen MR) is 82.6 cm³/mol. The van der Waals surface area contributed by atoms with Crippen LogP contribution < -0.4 is 10.6 Å². The minimum atomic E-state index is -0.941. The fourth-order valence-corrected chi connectivity index (χ4v) is 2.11. The molecule has 1 unspecified atom stereocenters. The minimum Gasteiger partial charge on any atom is -0.478 e. The lowest BCUT2D eigenvalue weighted by molar-refractivity contribution is 0.0695. The molecule has 0 spiro atoms. The summed E-state index contributed by atoms with van der Waals surface area (Å²) in [6.07, 6.45) is 3.66. The van der Waals surface area contributed by atoms with Crippen LogP contribution in [0.3, 0.4) is 0 Å². The highest BCUT2D eigenvalue weighted by molar-refractivity contribution is 5.89. The van der Waals surface area contributed by atoms with Crippen LogP contribution in [0.4, 0.5) is 4.79 Å². The Kier molecular flexibility index (Phi) is 7.29. The number of urea groups is 1. The highest BCUT2D eigenvalue weighted by atomic mass is 16.4. The largest absolute Gasteiger partial charge is 0.478 e. The second-order valence-corrected chi connectivity index (χ2v) is 5.16. The van der Waals surface area contributed by atoms with E-state index in [0.29, 0.717) is 13.0 Å². The molecule has 0 aliphatic heterocycles. The normalized spacial score (nSPS) is 11.7. The Bertz CT molecular complexity index is 474. The molecular formula is C16H24N2O3. The van der Waals surface area contributed by atoms with Crippen molar-refractivity contribution in [3.63, 3.8) is 0 Å². The van der Waals surface area contributed by atoms with E-state index in [2.05, 4.69) is 17.6 Å². The molecule has 0 bridgehead atoms. The van der Waals surface area contributed by atoms with Crippen molar-refractivity contribution in [2.24, 2.45) is 0 Å². The van der Waals surface area contributed by atoms with Gasteiger partial charge in [-0.2, -0.15) is 0 Å². The summed E-state index contributed by atoms with van der Waals surface area (Å²) in [5.74, 6) is -0.941. The Morgan fingerprint density at radius 3 is 2.67 bits per heavy atom. The van der Waals surface area contributed by atoms with Crippen LogP contribution in [0.5, 0.6) is 0 Å². The van der Waals surface area contributed by atoms with E-state index in [0.717, 1.165) is 24.8 Å². The van der Waals surface area contributed by atoms with Crippen molar-refractivity contribution in [3.05, 3.63) is 35.4 Å². The third-order valence-electron chi connectivity index (χ3n) is 3.30. The molecule has 1 rings (SSSR count). The van der Waals surface area contributed by atoms with Crippen molar-refractivity contribution >= 4 is 12.0 Å². The van der Waals surface area contributed by atoms with E-state index in [-0.39, 0.29) is 17.6 Å². The maximum absolute atomic E-state index is 11.7. The van der Waals surface area contributed by atoms with Crippen molar-refractivity contribution < 1.29 is 14.7 Å². The third kappa shape index (κ3) is 6.29. The summed E-state index contributed by atoms with van der Waals surface area (Å²) < 4.78 is 0. The topological polar surface area (TPSA) is 78.4 Å². The maximum atomic E-state index is 11.7.